The molecular weight excluding hydrogens is 482 g/mol. The van der Waals surface area contributed by atoms with E-state index in [4.69, 9.17) is 13.9 Å². The molecule has 2 amide bonds. The third kappa shape index (κ3) is 8.47. The van der Waals surface area contributed by atoms with E-state index < -0.39 is 37.5 Å². The van der Waals surface area contributed by atoms with Crippen molar-refractivity contribution in [3.05, 3.63) is 39.9 Å². The lowest BCUT2D eigenvalue weighted by Crippen LogP contribution is -2.54. The first-order valence-corrected chi connectivity index (χ1v) is 14.6. The molecule has 0 saturated carbocycles. The molecule has 2 atom stereocenters. The number of likely N-dealkylation sites (tertiary alicyclic amines) is 1. The van der Waals surface area contributed by atoms with Crippen LogP contribution in [-0.2, 0) is 20.5 Å². The second kappa shape index (κ2) is 11.6. The number of hydrogen-bond donors (Lipinski definition) is 1. The number of hydrogen-bond acceptors (Lipinski definition) is 7. The fourth-order valence-electron chi connectivity index (χ4n) is 4.12. The zero-order chi connectivity index (χ0) is 27.3. The molecule has 36 heavy (non-hydrogen) atoms. The number of nitro benzene ring substituents is 1. The normalized spacial score (nSPS) is 20.4. The lowest BCUT2D eigenvalue weighted by atomic mass is 9.78. The minimum atomic E-state index is -1.20. The van der Waals surface area contributed by atoms with Crippen LogP contribution in [0.1, 0.15) is 59.9 Å². The van der Waals surface area contributed by atoms with Crippen molar-refractivity contribution in [3.63, 3.8) is 0 Å². The first-order valence-electron chi connectivity index (χ1n) is 12.2. The zero-order valence-electron chi connectivity index (χ0n) is 22.7. The second-order valence-corrected chi connectivity index (χ2v) is 13.5. The highest BCUT2D eigenvalue weighted by molar-refractivity contribution is 6.48. The molecule has 0 bridgehead atoms. The van der Waals surface area contributed by atoms with E-state index in [9.17, 15) is 19.7 Å². The molecule has 1 fully saturated rings. The summed E-state index contributed by atoms with van der Waals surface area (Å²) in [5.74, 6) is 0.195. The monoisotopic (exact) mass is 522 g/mol. The molecule has 0 aliphatic carbocycles. The van der Waals surface area contributed by atoms with Gasteiger partial charge in [0.25, 0.3) is 5.69 Å². The Hall–Kier alpha value is -2.66. The standard InChI is InChI=1S/C25H40N3O7Si/c1-23(2,3)19-15-25(35-36(7)8,27(16-19)22(30)34-24(4,5)6)13-14-26-21(29)33-17-18-9-11-20(12-10-18)28(31)32/h9-12,19H,13-17H2,1-8H3,(H,26,29)/t19-,25-/m0/s1. The van der Waals surface area contributed by atoms with Crippen molar-refractivity contribution >= 4 is 26.9 Å². The largest absolute Gasteiger partial charge is 0.445 e. The van der Waals surface area contributed by atoms with Crippen LogP contribution >= 0.6 is 0 Å². The van der Waals surface area contributed by atoms with E-state index in [0.29, 0.717) is 24.9 Å². The van der Waals surface area contributed by atoms with Gasteiger partial charge in [0.1, 0.15) is 17.9 Å². The van der Waals surface area contributed by atoms with Crippen molar-refractivity contribution in [2.75, 3.05) is 13.1 Å². The highest BCUT2D eigenvalue weighted by Crippen LogP contribution is 2.45. The number of non-ortho nitro benzene ring substituents is 1. The van der Waals surface area contributed by atoms with Gasteiger partial charge in [-0.3, -0.25) is 15.0 Å². The fraction of sp³-hybridized carbons (Fsp3) is 0.680. The third-order valence-electron chi connectivity index (χ3n) is 6.00. The van der Waals surface area contributed by atoms with Crippen LogP contribution in [0.2, 0.25) is 13.1 Å². The summed E-state index contributed by atoms with van der Waals surface area (Å²) in [5.41, 5.74) is -0.962. The molecule has 1 N–H and O–H groups in total. The predicted molar refractivity (Wildman–Crippen MR) is 138 cm³/mol. The van der Waals surface area contributed by atoms with Crippen LogP contribution in [0, 0.1) is 21.4 Å². The number of benzene rings is 1. The van der Waals surface area contributed by atoms with Gasteiger partial charge >= 0.3 is 12.2 Å². The van der Waals surface area contributed by atoms with Crippen LogP contribution in [0.15, 0.2) is 24.3 Å². The van der Waals surface area contributed by atoms with Crippen LogP contribution in [0.4, 0.5) is 15.3 Å². The Morgan fingerprint density at radius 2 is 1.78 bits per heavy atom. The van der Waals surface area contributed by atoms with Gasteiger partial charge in [0, 0.05) is 31.6 Å². The zero-order valence-corrected chi connectivity index (χ0v) is 23.7. The number of ether oxygens (including phenoxy) is 2. The minimum Gasteiger partial charge on any atom is -0.445 e. The molecule has 0 unspecified atom stereocenters. The van der Waals surface area contributed by atoms with Crippen LogP contribution in [0.25, 0.3) is 0 Å². The van der Waals surface area contributed by atoms with Crippen LogP contribution in [-0.4, -0.2) is 55.5 Å². The van der Waals surface area contributed by atoms with E-state index in [1.54, 1.807) is 17.0 Å². The Labute approximate surface area is 215 Å². The topological polar surface area (TPSA) is 120 Å². The number of carbonyl (C=O) groups is 2. The third-order valence-corrected chi connectivity index (χ3v) is 6.78. The average molecular weight is 523 g/mol. The maximum absolute atomic E-state index is 13.2. The molecule has 11 heteroatoms. The number of nitro groups is 1. The molecule has 1 heterocycles. The summed E-state index contributed by atoms with van der Waals surface area (Å²) < 4.78 is 17.5. The SMILES string of the molecule is C[Si](C)O[C@@]1(CCNC(=O)OCc2ccc([N+](=O)[O-])cc2)C[C@H](C(C)(C)C)CN1C(=O)OC(C)(C)C. The molecule has 1 aromatic carbocycles. The van der Waals surface area contributed by atoms with Crippen LogP contribution in [0.5, 0.6) is 0 Å². The second-order valence-electron chi connectivity index (χ2n) is 11.5. The average Bonchev–Trinajstić information content (AvgIpc) is 3.10. The van der Waals surface area contributed by atoms with Gasteiger partial charge in [-0.1, -0.05) is 20.8 Å². The van der Waals surface area contributed by atoms with Crippen molar-refractivity contribution in [2.45, 2.75) is 85.4 Å². The van der Waals surface area contributed by atoms with E-state index in [-0.39, 0.29) is 30.2 Å². The van der Waals surface area contributed by atoms with Crippen molar-refractivity contribution in [1.29, 1.82) is 0 Å². The summed E-state index contributed by atoms with van der Waals surface area (Å²) in [7, 11) is -1.20. The fourth-order valence-corrected chi connectivity index (χ4v) is 5.18. The van der Waals surface area contributed by atoms with E-state index in [2.05, 4.69) is 26.1 Å². The summed E-state index contributed by atoms with van der Waals surface area (Å²) in [4.78, 5) is 37.6. The van der Waals surface area contributed by atoms with Crippen LogP contribution < -0.4 is 5.32 Å². The number of amides is 2. The van der Waals surface area contributed by atoms with Gasteiger partial charge in [-0.2, -0.15) is 0 Å². The highest BCUT2D eigenvalue weighted by Gasteiger charge is 2.52. The quantitative estimate of drug-likeness (QED) is 0.273. The first kappa shape index (κ1) is 29.6. The van der Waals surface area contributed by atoms with Gasteiger partial charge in [0.05, 0.1) is 4.92 Å². The van der Waals surface area contributed by atoms with Gasteiger partial charge in [0.15, 0.2) is 0 Å². The van der Waals surface area contributed by atoms with Gasteiger partial charge in [-0.25, -0.2) is 9.59 Å². The number of carbonyl (C=O) groups excluding carboxylic acids is 2. The maximum atomic E-state index is 13.2. The molecule has 1 radical (unpaired) electrons. The Morgan fingerprint density at radius 1 is 1.17 bits per heavy atom. The van der Waals surface area contributed by atoms with Gasteiger partial charge in [0.2, 0.25) is 9.04 Å². The summed E-state index contributed by atoms with van der Waals surface area (Å²) in [5, 5.41) is 13.5. The number of nitrogens with zero attached hydrogens (tertiary/aromatic N) is 2. The minimum absolute atomic E-state index is 0.0152. The van der Waals surface area contributed by atoms with Gasteiger partial charge < -0.3 is 19.2 Å². The summed E-state index contributed by atoms with van der Waals surface area (Å²) in [6.45, 7) is 16.7. The molecule has 1 aliphatic rings. The summed E-state index contributed by atoms with van der Waals surface area (Å²) >= 11 is 0. The van der Waals surface area contributed by atoms with E-state index in [1.807, 2.05) is 33.9 Å². The van der Waals surface area contributed by atoms with E-state index in [1.165, 1.54) is 12.1 Å². The molecule has 0 aromatic heterocycles. The Balaban J connectivity index is 2.08. The Bertz CT molecular complexity index is 925. The van der Waals surface area contributed by atoms with Crippen LogP contribution in [0.3, 0.4) is 0 Å². The Morgan fingerprint density at radius 3 is 2.28 bits per heavy atom. The van der Waals surface area contributed by atoms with E-state index in [0.717, 1.165) is 0 Å². The first-order chi connectivity index (χ1) is 16.5. The molecule has 1 aliphatic heterocycles. The molecule has 1 aromatic rings. The van der Waals surface area contributed by atoms with Crippen molar-refractivity contribution in [2.24, 2.45) is 11.3 Å². The maximum Gasteiger partial charge on any atom is 0.412 e. The molecule has 0 spiro atoms. The highest BCUT2D eigenvalue weighted by atomic mass is 28.3. The van der Waals surface area contributed by atoms with Crippen molar-refractivity contribution in [1.82, 2.24) is 10.2 Å². The van der Waals surface area contributed by atoms with Gasteiger partial charge in [-0.05, 0) is 69.3 Å². The lowest BCUT2D eigenvalue weighted by Gasteiger charge is -2.40. The molecular formula is C25H40N3O7Si. The predicted octanol–water partition coefficient (Wildman–Crippen LogP) is 5.48. The van der Waals surface area contributed by atoms with E-state index >= 15 is 0 Å². The lowest BCUT2D eigenvalue weighted by molar-refractivity contribution is -0.384. The molecule has 201 valence electrons. The number of nitrogens with one attached hydrogen (secondary N) is 1. The molecule has 2 rings (SSSR count). The summed E-state index contributed by atoms with van der Waals surface area (Å²) in [6, 6.07) is 5.82. The van der Waals surface area contributed by atoms with Crippen molar-refractivity contribution in [3.8, 4) is 0 Å². The van der Waals surface area contributed by atoms with Gasteiger partial charge in [-0.15, -0.1) is 0 Å². The summed E-state index contributed by atoms with van der Waals surface area (Å²) in [6.07, 6.45) is 0.00124. The number of alkyl carbamates (subject to hydrolysis) is 1. The van der Waals surface area contributed by atoms with Crippen molar-refractivity contribution < 1.29 is 28.4 Å². The number of rotatable bonds is 8. The smallest absolute Gasteiger partial charge is 0.412 e. The molecule has 10 nitrogen and oxygen atoms in total. The molecule has 1 saturated heterocycles. The Kier molecular flexibility index (Phi) is 9.52.